The summed E-state index contributed by atoms with van der Waals surface area (Å²) in [6, 6.07) is 7.16. The van der Waals surface area contributed by atoms with Crippen LogP contribution in [0.2, 0.25) is 0 Å². The van der Waals surface area contributed by atoms with Gasteiger partial charge in [0.25, 0.3) is 0 Å². The molecule has 0 radical (unpaired) electrons. The number of nitrogens with zero attached hydrogens (tertiary/aromatic N) is 2. The first-order valence-corrected chi connectivity index (χ1v) is 10.0. The third kappa shape index (κ3) is 4.07. The zero-order valence-electron chi connectivity index (χ0n) is 15.3. The summed E-state index contributed by atoms with van der Waals surface area (Å²) in [6.45, 7) is 8.41. The summed E-state index contributed by atoms with van der Waals surface area (Å²) in [5.74, 6) is 0.804. The number of benzene rings is 1. The van der Waals surface area contributed by atoms with Crippen LogP contribution in [0.25, 0.3) is 0 Å². The summed E-state index contributed by atoms with van der Waals surface area (Å²) in [7, 11) is 0. The van der Waals surface area contributed by atoms with Crippen LogP contribution in [0.4, 0.5) is 4.39 Å². The van der Waals surface area contributed by atoms with Gasteiger partial charge >= 0.3 is 0 Å². The van der Waals surface area contributed by atoms with Crippen molar-refractivity contribution in [2.45, 2.75) is 37.5 Å². The Morgan fingerprint density at radius 2 is 1.84 bits per heavy atom. The average Bonchev–Trinajstić information content (AvgIpc) is 3.29. The SMILES string of the molecule is Fc1cccc(C2(CN3CCN(CC4CCCC4)CC3)CCOC2)c1. The maximum absolute atomic E-state index is 13.8. The van der Waals surface area contributed by atoms with Crippen molar-refractivity contribution in [1.29, 1.82) is 0 Å². The number of piperazine rings is 1. The van der Waals surface area contributed by atoms with Gasteiger partial charge in [0.15, 0.2) is 0 Å². The van der Waals surface area contributed by atoms with Crippen LogP contribution >= 0.6 is 0 Å². The molecule has 1 unspecified atom stereocenters. The summed E-state index contributed by atoms with van der Waals surface area (Å²) >= 11 is 0. The molecule has 2 saturated heterocycles. The Labute approximate surface area is 151 Å². The normalized spacial score (nSPS) is 29.5. The van der Waals surface area contributed by atoms with Crippen LogP contribution in [0.5, 0.6) is 0 Å². The fraction of sp³-hybridized carbons (Fsp3) is 0.714. The molecule has 0 spiro atoms. The molecule has 4 rings (SSSR count). The Balaban J connectivity index is 1.36. The highest BCUT2D eigenvalue weighted by atomic mass is 19.1. The molecule has 3 fully saturated rings. The summed E-state index contributed by atoms with van der Waals surface area (Å²) in [5.41, 5.74) is 1.08. The summed E-state index contributed by atoms with van der Waals surface area (Å²) in [5, 5.41) is 0. The van der Waals surface area contributed by atoms with E-state index >= 15 is 0 Å². The van der Waals surface area contributed by atoms with E-state index in [9.17, 15) is 4.39 Å². The molecule has 1 aromatic rings. The van der Waals surface area contributed by atoms with Crippen molar-refractivity contribution >= 4 is 0 Å². The molecule has 3 nitrogen and oxygen atoms in total. The minimum Gasteiger partial charge on any atom is -0.380 e. The van der Waals surface area contributed by atoms with E-state index in [0.717, 1.165) is 50.8 Å². The van der Waals surface area contributed by atoms with Gasteiger partial charge in [0.1, 0.15) is 5.82 Å². The van der Waals surface area contributed by atoms with Crippen LogP contribution in [-0.2, 0) is 10.2 Å². The largest absolute Gasteiger partial charge is 0.380 e. The standard InChI is InChI=1S/C21H31FN2O/c22-20-7-3-6-19(14-20)21(8-13-25-17-21)16-24-11-9-23(10-12-24)15-18-4-1-2-5-18/h3,6-7,14,18H,1-2,4-5,8-13,15-17H2. The molecule has 4 heteroatoms. The second-order valence-electron chi connectivity index (χ2n) is 8.32. The molecule has 1 aliphatic carbocycles. The second-order valence-corrected chi connectivity index (χ2v) is 8.32. The molecule has 0 N–H and O–H groups in total. The van der Waals surface area contributed by atoms with E-state index in [1.54, 1.807) is 6.07 Å². The lowest BCUT2D eigenvalue weighted by molar-refractivity contribution is 0.0910. The Morgan fingerprint density at radius 3 is 2.52 bits per heavy atom. The molecule has 2 heterocycles. The smallest absolute Gasteiger partial charge is 0.123 e. The molecule has 2 aliphatic heterocycles. The van der Waals surface area contributed by atoms with Crippen molar-refractivity contribution < 1.29 is 9.13 Å². The molecule has 25 heavy (non-hydrogen) atoms. The number of hydrogen-bond donors (Lipinski definition) is 0. The lowest BCUT2D eigenvalue weighted by Gasteiger charge is -2.40. The highest BCUT2D eigenvalue weighted by molar-refractivity contribution is 5.28. The van der Waals surface area contributed by atoms with E-state index in [2.05, 4.69) is 15.9 Å². The zero-order chi connectivity index (χ0) is 17.1. The lowest BCUT2D eigenvalue weighted by atomic mass is 9.79. The molecular formula is C21H31FN2O. The topological polar surface area (TPSA) is 15.7 Å². The highest BCUT2D eigenvalue weighted by Crippen LogP contribution is 2.35. The number of ether oxygens (including phenoxy) is 1. The first-order chi connectivity index (χ1) is 12.2. The molecule has 0 aromatic heterocycles. The van der Waals surface area contributed by atoms with Gasteiger partial charge < -0.3 is 9.64 Å². The molecule has 3 aliphatic rings. The Morgan fingerprint density at radius 1 is 1.08 bits per heavy atom. The van der Waals surface area contributed by atoms with Gasteiger partial charge in [0, 0.05) is 51.3 Å². The van der Waals surface area contributed by atoms with E-state index in [1.165, 1.54) is 51.4 Å². The molecular weight excluding hydrogens is 315 g/mol. The maximum atomic E-state index is 13.8. The molecule has 1 atom stereocenters. The summed E-state index contributed by atoms with van der Waals surface area (Å²) in [6.07, 6.45) is 6.72. The minimum absolute atomic E-state index is 0.0320. The van der Waals surface area contributed by atoms with Gasteiger partial charge in [-0.15, -0.1) is 0 Å². The molecule has 1 aromatic carbocycles. The number of halogens is 1. The van der Waals surface area contributed by atoms with Gasteiger partial charge in [-0.1, -0.05) is 25.0 Å². The lowest BCUT2D eigenvalue weighted by Crippen LogP contribution is -2.52. The van der Waals surface area contributed by atoms with Crippen molar-refractivity contribution in [3.63, 3.8) is 0 Å². The predicted octanol–water partition coefficient (Wildman–Crippen LogP) is 3.29. The van der Waals surface area contributed by atoms with Gasteiger partial charge in [-0.2, -0.15) is 0 Å². The zero-order valence-corrected chi connectivity index (χ0v) is 15.3. The van der Waals surface area contributed by atoms with Crippen LogP contribution in [0.3, 0.4) is 0 Å². The molecule has 0 amide bonds. The third-order valence-electron chi connectivity index (χ3n) is 6.52. The third-order valence-corrected chi connectivity index (χ3v) is 6.52. The summed E-state index contributed by atoms with van der Waals surface area (Å²) < 4.78 is 19.5. The minimum atomic E-state index is -0.134. The van der Waals surface area contributed by atoms with Crippen molar-refractivity contribution in [3.05, 3.63) is 35.6 Å². The van der Waals surface area contributed by atoms with E-state index in [1.807, 2.05) is 6.07 Å². The molecule has 1 saturated carbocycles. The highest BCUT2D eigenvalue weighted by Gasteiger charge is 2.39. The number of hydrogen-bond acceptors (Lipinski definition) is 3. The average molecular weight is 346 g/mol. The van der Waals surface area contributed by atoms with E-state index in [-0.39, 0.29) is 11.2 Å². The molecule has 138 valence electrons. The van der Waals surface area contributed by atoms with Crippen molar-refractivity contribution in [2.75, 3.05) is 52.5 Å². The van der Waals surface area contributed by atoms with Gasteiger partial charge in [0.05, 0.1) is 6.61 Å². The van der Waals surface area contributed by atoms with Crippen molar-refractivity contribution in [3.8, 4) is 0 Å². The fourth-order valence-electron chi connectivity index (χ4n) is 4.99. The van der Waals surface area contributed by atoms with Gasteiger partial charge in [0.2, 0.25) is 0 Å². The van der Waals surface area contributed by atoms with Crippen molar-refractivity contribution in [1.82, 2.24) is 9.80 Å². The van der Waals surface area contributed by atoms with Gasteiger partial charge in [-0.05, 0) is 42.9 Å². The van der Waals surface area contributed by atoms with Crippen LogP contribution in [0.15, 0.2) is 24.3 Å². The first-order valence-electron chi connectivity index (χ1n) is 10.0. The second kappa shape index (κ2) is 7.73. The number of rotatable bonds is 5. The Hall–Kier alpha value is -0.970. The van der Waals surface area contributed by atoms with E-state index in [4.69, 9.17) is 4.74 Å². The van der Waals surface area contributed by atoms with Crippen LogP contribution in [0.1, 0.15) is 37.7 Å². The van der Waals surface area contributed by atoms with E-state index < -0.39 is 0 Å². The first kappa shape index (κ1) is 17.4. The fourth-order valence-corrected chi connectivity index (χ4v) is 4.99. The Bertz CT molecular complexity index is 559. The summed E-state index contributed by atoms with van der Waals surface area (Å²) in [4.78, 5) is 5.23. The maximum Gasteiger partial charge on any atom is 0.123 e. The van der Waals surface area contributed by atoms with Crippen LogP contribution in [-0.4, -0.2) is 62.3 Å². The quantitative estimate of drug-likeness (QED) is 0.814. The van der Waals surface area contributed by atoms with E-state index in [0.29, 0.717) is 0 Å². The van der Waals surface area contributed by atoms with Crippen molar-refractivity contribution in [2.24, 2.45) is 5.92 Å². The van der Waals surface area contributed by atoms with Gasteiger partial charge in [-0.3, -0.25) is 4.90 Å². The Kier molecular flexibility index (Phi) is 5.39. The van der Waals surface area contributed by atoms with Gasteiger partial charge in [-0.25, -0.2) is 4.39 Å². The predicted molar refractivity (Wildman–Crippen MR) is 98.4 cm³/mol. The molecule has 0 bridgehead atoms. The monoisotopic (exact) mass is 346 g/mol. The van der Waals surface area contributed by atoms with Crippen LogP contribution in [0, 0.1) is 11.7 Å². The van der Waals surface area contributed by atoms with Crippen LogP contribution < -0.4 is 0 Å².